The maximum atomic E-state index is 12.3. The van der Waals surface area contributed by atoms with Crippen LogP contribution in [0.4, 0.5) is 0 Å². The highest BCUT2D eigenvalue weighted by atomic mass is 16.5. The fourth-order valence-corrected chi connectivity index (χ4v) is 2.34. The van der Waals surface area contributed by atoms with Crippen molar-refractivity contribution in [2.24, 2.45) is 11.8 Å². The van der Waals surface area contributed by atoms with Crippen LogP contribution in [0.15, 0.2) is 18.2 Å². The fourth-order valence-electron chi connectivity index (χ4n) is 2.34. The van der Waals surface area contributed by atoms with Gasteiger partial charge in [-0.15, -0.1) is 0 Å². The van der Waals surface area contributed by atoms with E-state index in [2.05, 4.69) is 20.8 Å². The van der Waals surface area contributed by atoms with Crippen LogP contribution in [-0.2, 0) is 0 Å². The quantitative estimate of drug-likeness (QED) is 0.699. The molecular weight excluding hydrogens is 240 g/mol. The zero-order chi connectivity index (χ0) is 14.4. The molecule has 0 aromatic heterocycles. The molecule has 3 nitrogen and oxygen atoms in total. The molecule has 0 saturated heterocycles. The van der Waals surface area contributed by atoms with Crippen LogP contribution in [-0.4, -0.2) is 20.0 Å². The molecular formula is C16H24O3. The summed E-state index contributed by atoms with van der Waals surface area (Å²) in [6.45, 7) is 6.47. The second kappa shape index (κ2) is 7.17. The van der Waals surface area contributed by atoms with Crippen molar-refractivity contribution in [3.63, 3.8) is 0 Å². The fraction of sp³-hybridized carbons (Fsp3) is 0.562. The number of Topliss-reactive ketones (excluding diaryl/α,β-unsaturated/α-hetero) is 1. The molecule has 0 radical (unpaired) electrons. The molecule has 0 amide bonds. The summed E-state index contributed by atoms with van der Waals surface area (Å²) < 4.78 is 10.4. The predicted octanol–water partition coefficient (Wildman–Crippen LogP) is 3.96. The van der Waals surface area contributed by atoms with Crippen molar-refractivity contribution in [3.8, 4) is 11.5 Å². The lowest BCUT2D eigenvalue weighted by atomic mass is 9.92. The number of methoxy groups -OCH3 is 2. The average Bonchev–Trinajstić information content (AvgIpc) is 2.36. The summed E-state index contributed by atoms with van der Waals surface area (Å²) >= 11 is 0. The molecule has 1 rings (SSSR count). The monoisotopic (exact) mass is 264 g/mol. The van der Waals surface area contributed by atoms with Crippen LogP contribution < -0.4 is 9.47 Å². The maximum Gasteiger partial charge on any atom is 0.166 e. The Labute approximate surface area is 115 Å². The van der Waals surface area contributed by atoms with Gasteiger partial charge in [-0.1, -0.05) is 20.8 Å². The number of carbonyl (C=O) groups excluding carboxylic acids is 1. The topological polar surface area (TPSA) is 35.5 Å². The van der Waals surface area contributed by atoms with Gasteiger partial charge in [0.1, 0.15) is 11.5 Å². The number of carbonyl (C=O) groups is 1. The molecule has 0 aliphatic heterocycles. The first kappa shape index (κ1) is 15.5. The molecule has 1 aromatic rings. The number of benzene rings is 1. The van der Waals surface area contributed by atoms with Gasteiger partial charge in [0, 0.05) is 12.5 Å². The van der Waals surface area contributed by atoms with Crippen LogP contribution in [0.3, 0.4) is 0 Å². The van der Waals surface area contributed by atoms with E-state index in [1.165, 1.54) is 0 Å². The molecule has 1 unspecified atom stereocenters. The normalized spacial score (nSPS) is 12.3. The summed E-state index contributed by atoms with van der Waals surface area (Å²) in [6, 6.07) is 5.32. The largest absolute Gasteiger partial charge is 0.497 e. The van der Waals surface area contributed by atoms with Crippen molar-refractivity contribution in [2.45, 2.75) is 33.6 Å². The first-order valence-corrected chi connectivity index (χ1v) is 6.73. The zero-order valence-electron chi connectivity index (χ0n) is 12.5. The second-order valence-electron chi connectivity index (χ2n) is 5.43. The Bertz CT molecular complexity index is 424. The third kappa shape index (κ3) is 4.58. The lowest BCUT2D eigenvalue weighted by Gasteiger charge is -2.14. The minimum absolute atomic E-state index is 0.132. The Morgan fingerprint density at radius 1 is 1.16 bits per heavy atom. The van der Waals surface area contributed by atoms with Gasteiger partial charge in [0.05, 0.1) is 19.8 Å². The third-order valence-corrected chi connectivity index (χ3v) is 3.12. The summed E-state index contributed by atoms with van der Waals surface area (Å²) in [6.07, 6.45) is 1.62. The number of ketones is 1. The van der Waals surface area contributed by atoms with E-state index in [0.29, 0.717) is 35.3 Å². The molecule has 3 heteroatoms. The highest BCUT2D eigenvalue weighted by molar-refractivity contribution is 5.99. The Balaban J connectivity index is 2.81. The molecule has 1 aromatic carbocycles. The summed E-state index contributed by atoms with van der Waals surface area (Å²) in [4.78, 5) is 12.3. The van der Waals surface area contributed by atoms with Crippen LogP contribution in [0.1, 0.15) is 44.0 Å². The van der Waals surface area contributed by atoms with Gasteiger partial charge < -0.3 is 9.47 Å². The summed E-state index contributed by atoms with van der Waals surface area (Å²) in [5.74, 6) is 2.41. The summed E-state index contributed by atoms with van der Waals surface area (Å²) in [5.41, 5.74) is 0.638. The first-order valence-electron chi connectivity index (χ1n) is 6.73. The van der Waals surface area contributed by atoms with Gasteiger partial charge in [-0.05, 0) is 30.4 Å². The molecule has 1 atom stereocenters. The minimum Gasteiger partial charge on any atom is -0.497 e. The van der Waals surface area contributed by atoms with Gasteiger partial charge in [0.25, 0.3) is 0 Å². The Kier molecular flexibility index (Phi) is 5.87. The van der Waals surface area contributed by atoms with Gasteiger partial charge in [0.2, 0.25) is 0 Å². The Morgan fingerprint density at radius 3 is 2.37 bits per heavy atom. The number of rotatable bonds is 7. The number of ether oxygens (including phenoxy) is 2. The molecule has 0 N–H and O–H groups in total. The number of hydrogen-bond acceptors (Lipinski definition) is 3. The van der Waals surface area contributed by atoms with Crippen molar-refractivity contribution in [1.29, 1.82) is 0 Å². The van der Waals surface area contributed by atoms with E-state index >= 15 is 0 Å². The van der Waals surface area contributed by atoms with Crippen molar-refractivity contribution in [1.82, 2.24) is 0 Å². The van der Waals surface area contributed by atoms with E-state index in [1.54, 1.807) is 32.4 Å². The van der Waals surface area contributed by atoms with E-state index < -0.39 is 0 Å². The van der Waals surface area contributed by atoms with Gasteiger partial charge in [0.15, 0.2) is 5.78 Å². The Morgan fingerprint density at radius 2 is 1.84 bits per heavy atom. The summed E-state index contributed by atoms with van der Waals surface area (Å²) in [7, 11) is 3.17. The summed E-state index contributed by atoms with van der Waals surface area (Å²) in [5, 5.41) is 0. The molecule has 0 spiro atoms. The molecule has 0 aliphatic carbocycles. The SMILES string of the molecule is COc1ccc(C(=O)CC(C)CC(C)C)c(OC)c1. The van der Waals surface area contributed by atoms with E-state index in [0.717, 1.165) is 6.42 Å². The smallest absolute Gasteiger partial charge is 0.166 e. The van der Waals surface area contributed by atoms with E-state index in [-0.39, 0.29) is 5.78 Å². The van der Waals surface area contributed by atoms with E-state index in [1.807, 2.05) is 0 Å². The molecule has 0 saturated carbocycles. The van der Waals surface area contributed by atoms with Crippen LogP contribution >= 0.6 is 0 Å². The van der Waals surface area contributed by atoms with Gasteiger partial charge in [-0.2, -0.15) is 0 Å². The highest BCUT2D eigenvalue weighted by Gasteiger charge is 2.16. The van der Waals surface area contributed by atoms with Crippen molar-refractivity contribution >= 4 is 5.78 Å². The lowest BCUT2D eigenvalue weighted by Crippen LogP contribution is -2.09. The highest BCUT2D eigenvalue weighted by Crippen LogP contribution is 2.27. The lowest BCUT2D eigenvalue weighted by molar-refractivity contribution is 0.0957. The van der Waals surface area contributed by atoms with Crippen LogP contribution in [0.5, 0.6) is 11.5 Å². The molecule has 0 bridgehead atoms. The van der Waals surface area contributed by atoms with Crippen LogP contribution in [0.25, 0.3) is 0 Å². The predicted molar refractivity (Wildman–Crippen MR) is 77.1 cm³/mol. The van der Waals surface area contributed by atoms with Gasteiger partial charge in [-0.3, -0.25) is 4.79 Å². The van der Waals surface area contributed by atoms with Gasteiger partial charge in [-0.25, -0.2) is 0 Å². The number of hydrogen-bond donors (Lipinski definition) is 0. The van der Waals surface area contributed by atoms with Crippen molar-refractivity contribution in [3.05, 3.63) is 23.8 Å². The van der Waals surface area contributed by atoms with Gasteiger partial charge >= 0.3 is 0 Å². The molecule has 0 heterocycles. The third-order valence-electron chi connectivity index (χ3n) is 3.12. The van der Waals surface area contributed by atoms with Crippen LogP contribution in [0, 0.1) is 11.8 Å². The zero-order valence-corrected chi connectivity index (χ0v) is 12.5. The molecule has 0 aliphatic rings. The minimum atomic E-state index is 0.132. The maximum absolute atomic E-state index is 12.3. The van der Waals surface area contributed by atoms with E-state index in [9.17, 15) is 4.79 Å². The van der Waals surface area contributed by atoms with Crippen molar-refractivity contribution < 1.29 is 14.3 Å². The van der Waals surface area contributed by atoms with E-state index in [4.69, 9.17) is 9.47 Å². The Hall–Kier alpha value is -1.51. The first-order chi connectivity index (χ1) is 8.97. The van der Waals surface area contributed by atoms with Crippen LogP contribution in [0.2, 0.25) is 0 Å². The van der Waals surface area contributed by atoms with Crippen molar-refractivity contribution in [2.75, 3.05) is 14.2 Å². The second-order valence-corrected chi connectivity index (χ2v) is 5.43. The molecule has 106 valence electrons. The average molecular weight is 264 g/mol. The standard InChI is InChI=1S/C16H24O3/c1-11(2)8-12(3)9-15(17)14-7-6-13(18-4)10-16(14)19-5/h6-7,10-12H,8-9H2,1-5H3. The molecule has 0 fully saturated rings. The molecule has 19 heavy (non-hydrogen) atoms.